The van der Waals surface area contributed by atoms with Crippen LogP contribution >= 0.6 is 0 Å². The minimum Gasteiger partial charge on any atom is -0.333 e. The summed E-state index contributed by atoms with van der Waals surface area (Å²) in [5, 5.41) is 18.7. The third-order valence-corrected chi connectivity index (χ3v) is 2.87. The van der Waals surface area contributed by atoms with Crippen LogP contribution in [0.5, 0.6) is 0 Å². The fourth-order valence-corrected chi connectivity index (χ4v) is 1.89. The summed E-state index contributed by atoms with van der Waals surface area (Å²) in [6.07, 6.45) is 2.28. The monoisotopic (exact) mass is 269 g/mol. The van der Waals surface area contributed by atoms with Crippen molar-refractivity contribution in [2.75, 3.05) is 6.54 Å². The zero-order chi connectivity index (χ0) is 14.4. The van der Waals surface area contributed by atoms with E-state index in [-0.39, 0.29) is 5.91 Å². The molecular weight excluding hydrogens is 254 g/mol. The first-order valence-corrected chi connectivity index (χ1v) is 6.38. The molecule has 1 aromatic carbocycles. The summed E-state index contributed by atoms with van der Waals surface area (Å²) in [6, 6.07) is 9.29. The second kappa shape index (κ2) is 6.48. The highest BCUT2D eigenvalue weighted by atomic mass is 16.2. The average Bonchev–Trinajstić information content (AvgIpc) is 3.01. The van der Waals surface area contributed by atoms with Gasteiger partial charge in [0.15, 0.2) is 5.69 Å². The van der Waals surface area contributed by atoms with Crippen molar-refractivity contribution in [2.24, 2.45) is 0 Å². The first-order chi connectivity index (χ1) is 9.74. The zero-order valence-electron chi connectivity index (χ0n) is 11.2. The lowest BCUT2D eigenvalue weighted by molar-refractivity contribution is 0.0737. The fourth-order valence-electron chi connectivity index (χ4n) is 1.89. The number of H-pyrrole nitrogens is 1. The topological polar surface area (TPSA) is 85.7 Å². The third kappa shape index (κ3) is 3.20. The van der Waals surface area contributed by atoms with E-state index in [0.29, 0.717) is 24.3 Å². The molecule has 1 heterocycles. The van der Waals surface area contributed by atoms with Crippen molar-refractivity contribution < 1.29 is 4.79 Å². The van der Waals surface area contributed by atoms with E-state index in [4.69, 9.17) is 5.26 Å². The van der Waals surface area contributed by atoms with Crippen LogP contribution in [0.1, 0.15) is 35.0 Å². The number of hydrogen-bond donors (Lipinski definition) is 1. The van der Waals surface area contributed by atoms with Crippen molar-refractivity contribution >= 4 is 5.91 Å². The maximum Gasteiger partial charge on any atom is 0.276 e. The molecule has 0 saturated heterocycles. The largest absolute Gasteiger partial charge is 0.333 e. The van der Waals surface area contributed by atoms with Gasteiger partial charge in [-0.1, -0.05) is 19.1 Å². The summed E-state index contributed by atoms with van der Waals surface area (Å²) < 4.78 is 0. The molecule has 0 aliphatic heterocycles. The smallest absolute Gasteiger partial charge is 0.276 e. The van der Waals surface area contributed by atoms with Crippen LogP contribution in [0.3, 0.4) is 0 Å². The maximum absolute atomic E-state index is 12.3. The lowest BCUT2D eigenvalue weighted by Gasteiger charge is -2.21. The van der Waals surface area contributed by atoms with Crippen LogP contribution in [-0.2, 0) is 6.54 Å². The van der Waals surface area contributed by atoms with E-state index in [0.717, 1.165) is 12.0 Å². The molecule has 0 unspecified atom stereocenters. The number of carbonyl (C=O) groups excluding carboxylic acids is 1. The number of hydrogen-bond acceptors (Lipinski definition) is 4. The maximum atomic E-state index is 12.3. The SMILES string of the molecule is CCCN(Cc1ccc(C#N)cc1)C(=O)c1cn[nH]n1. The minimum atomic E-state index is -0.148. The Hall–Kier alpha value is -2.68. The molecule has 0 fully saturated rings. The molecule has 0 saturated carbocycles. The Balaban J connectivity index is 2.12. The minimum absolute atomic E-state index is 0.148. The van der Waals surface area contributed by atoms with Gasteiger partial charge in [0.1, 0.15) is 0 Å². The van der Waals surface area contributed by atoms with Gasteiger partial charge in [0.2, 0.25) is 0 Å². The van der Waals surface area contributed by atoms with Gasteiger partial charge in [-0.05, 0) is 24.1 Å². The predicted octanol–water partition coefficient (Wildman–Crippen LogP) is 1.73. The Bertz CT molecular complexity index is 597. The average molecular weight is 269 g/mol. The number of aromatic nitrogens is 3. The molecule has 2 aromatic rings. The van der Waals surface area contributed by atoms with Crippen LogP contribution in [0.15, 0.2) is 30.5 Å². The number of nitrogens with zero attached hydrogens (tertiary/aromatic N) is 4. The summed E-state index contributed by atoms with van der Waals surface area (Å²) in [7, 11) is 0. The molecule has 0 radical (unpaired) electrons. The van der Waals surface area contributed by atoms with E-state index in [1.54, 1.807) is 17.0 Å². The Morgan fingerprint density at radius 3 is 2.70 bits per heavy atom. The number of aromatic amines is 1. The predicted molar refractivity (Wildman–Crippen MR) is 72.6 cm³/mol. The highest BCUT2D eigenvalue weighted by molar-refractivity contribution is 5.91. The Kier molecular flexibility index (Phi) is 4.45. The van der Waals surface area contributed by atoms with E-state index >= 15 is 0 Å². The molecule has 1 N–H and O–H groups in total. The van der Waals surface area contributed by atoms with Crippen molar-refractivity contribution in [3.63, 3.8) is 0 Å². The van der Waals surface area contributed by atoms with Crippen molar-refractivity contribution in [3.05, 3.63) is 47.3 Å². The van der Waals surface area contributed by atoms with Crippen molar-refractivity contribution in [3.8, 4) is 6.07 Å². The lowest BCUT2D eigenvalue weighted by atomic mass is 10.1. The Morgan fingerprint density at radius 2 is 2.15 bits per heavy atom. The first kappa shape index (κ1) is 13.7. The van der Waals surface area contributed by atoms with Crippen LogP contribution in [0.4, 0.5) is 0 Å². The Labute approximate surface area is 117 Å². The molecule has 0 spiro atoms. The molecule has 1 amide bonds. The molecule has 6 heteroatoms. The highest BCUT2D eigenvalue weighted by Gasteiger charge is 2.17. The zero-order valence-corrected chi connectivity index (χ0v) is 11.2. The van der Waals surface area contributed by atoms with Gasteiger partial charge in [-0.3, -0.25) is 4.79 Å². The molecule has 1 aromatic heterocycles. The van der Waals surface area contributed by atoms with Crippen molar-refractivity contribution in [1.29, 1.82) is 5.26 Å². The quantitative estimate of drug-likeness (QED) is 0.895. The van der Waals surface area contributed by atoms with Gasteiger partial charge in [0.05, 0.1) is 17.8 Å². The van der Waals surface area contributed by atoms with Gasteiger partial charge < -0.3 is 4.90 Å². The van der Waals surface area contributed by atoms with Gasteiger partial charge in [0.25, 0.3) is 5.91 Å². The molecule has 2 rings (SSSR count). The molecule has 6 nitrogen and oxygen atoms in total. The van der Waals surface area contributed by atoms with Gasteiger partial charge in [-0.2, -0.15) is 20.7 Å². The second-order valence-electron chi connectivity index (χ2n) is 4.39. The van der Waals surface area contributed by atoms with E-state index in [9.17, 15) is 4.79 Å². The van der Waals surface area contributed by atoms with Gasteiger partial charge >= 0.3 is 0 Å². The number of rotatable bonds is 5. The summed E-state index contributed by atoms with van der Waals surface area (Å²) in [4.78, 5) is 14.0. The summed E-state index contributed by atoms with van der Waals surface area (Å²) in [5.74, 6) is -0.148. The number of benzene rings is 1. The van der Waals surface area contributed by atoms with Crippen LogP contribution < -0.4 is 0 Å². The van der Waals surface area contributed by atoms with Crippen molar-refractivity contribution in [1.82, 2.24) is 20.3 Å². The number of nitrogens with one attached hydrogen (secondary N) is 1. The summed E-state index contributed by atoms with van der Waals surface area (Å²) in [5.41, 5.74) is 1.90. The van der Waals surface area contributed by atoms with Gasteiger partial charge in [-0.25, -0.2) is 0 Å². The molecule has 20 heavy (non-hydrogen) atoms. The van der Waals surface area contributed by atoms with Crippen LogP contribution in [0.25, 0.3) is 0 Å². The summed E-state index contributed by atoms with van der Waals surface area (Å²) >= 11 is 0. The van der Waals surface area contributed by atoms with Crippen LogP contribution in [0.2, 0.25) is 0 Å². The van der Waals surface area contributed by atoms with E-state index < -0.39 is 0 Å². The normalized spacial score (nSPS) is 10.0. The number of amides is 1. The third-order valence-electron chi connectivity index (χ3n) is 2.87. The van der Waals surface area contributed by atoms with E-state index in [2.05, 4.69) is 21.5 Å². The molecule has 0 aliphatic carbocycles. The standard InChI is InChI=1S/C14H15N5O/c1-2-7-19(14(20)13-9-16-18-17-13)10-12-5-3-11(8-15)4-6-12/h3-6,9H,2,7,10H2,1H3,(H,16,17,18). The van der Waals surface area contributed by atoms with Crippen LogP contribution in [0, 0.1) is 11.3 Å². The summed E-state index contributed by atoms with van der Waals surface area (Å²) in [6.45, 7) is 3.15. The molecule has 0 bridgehead atoms. The molecular formula is C14H15N5O. The molecule has 0 atom stereocenters. The van der Waals surface area contributed by atoms with Crippen LogP contribution in [-0.4, -0.2) is 32.8 Å². The van der Waals surface area contributed by atoms with Crippen molar-refractivity contribution in [2.45, 2.75) is 19.9 Å². The van der Waals surface area contributed by atoms with E-state index in [1.807, 2.05) is 19.1 Å². The number of carbonyl (C=O) groups is 1. The highest BCUT2D eigenvalue weighted by Crippen LogP contribution is 2.10. The van der Waals surface area contributed by atoms with E-state index in [1.165, 1.54) is 6.20 Å². The number of nitriles is 1. The molecule has 102 valence electrons. The van der Waals surface area contributed by atoms with Gasteiger partial charge in [-0.15, -0.1) is 0 Å². The lowest BCUT2D eigenvalue weighted by Crippen LogP contribution is -2.31. The first-order valence-electron chi connectivity index (χ1n) is 6.38. The Morgan fingerprint density at radius 1 is 1.40 bits per heavy atom. The second-order valence-corrected chi connectivity index (χ2v) is 4.39. The fraction of sp³-hybridized carbons (Fsp3) is 0.286. The van der Waals surface area contributed by atoms with Gasteiger partial charge in [0, 0.05) is 13.1 Å². The molecule has 0 aliphatic rings.